The Labute approximate surface area is 135 Å². The summed E-state index contributed by atoms with van der Waals surface area (Å²) in [6.45, 7) is 1.49. The molecule has 0 aliphatic heterocycles. The first kappa shape index (κ1) is 16.5. The lowest BCUT2D eigenvalue weighted by molar-refractivity contribution is -0.144. The molecule has 1 atom stereocenters. The number of hydrogen-bond donors (Lipinski definition) is 1. The van der Waals surface area contributed by atoms with Crippen molar-refractivity contribution in [3.05, 3.63) is 77.4 Å². The highest BCUT2D eigenvalue weighted by atomic mass is 16.5. The van der Waals surface area contributed by atoms with Crippen molar-refractivity contribution in [2.45, 2.75) is 6.92 Å². The lowest BCUT2D eigenvalue weighted by atomic mass is 9.87. The van der Waals surface area contributed by atoms with Gasteiger partial charge in [-0.2, -0.15) is 0 Å². The standard InChI is InChI=1S/C19H18O4/c1-13(18(20)21)16(19(22)23-2)17(14-9-5-3-6-10-14)15-11-7-4-8-12-15/h3-13H,1-2H3,(H,20,21). The molecule has 0 heterocycles. The van der Waals surface area contributed by atoms with Gasteiger partial charge in [0.05, 0.1) is 18.6 Å². The quantitative estimate of drug-likeness (QED) is 0.679. The summed E-state index contributed by atoms with van der Waals surface area (Å²) in [4.78, 5) is 23.8. The van der Waals surface area contributed by atoms with Crippen LogP contribution in [0.25, 0.3) is 5.57 Å². The molecule has 0 saturated heterocycles. The lowest BCUT2D eigenvalue weighted by Gasteiger charge is -2.17. The molecule has 1 unspecified atom stereocenters. The Morgan fingerprint density at radius 1 is 0.913 bits per heavy atom. The number of methoxy groups -OCH3 is 1. The SMILES string of the molecule is COC(=O)C(=C(c1ccccc1)c1ccccc1)C(C)C(=O)O. The third-order valence-corrected chi connectivity index (χ3v) is 3.60. The summed E-state index contributed by atoms with van der Waals surface area (Å²) in [7, 11) is 1.25. The van der Waals surface area contributed by atoms with E-state index in [2.05, 4.69) is 0 Å². The zero-order chi connectivity index (χ0) is 16.8. The number of aliphatic carboxylic acids is 1. The smallest absolute Gasteiger partial charge is 0.335 e. The summed E-state index contributed by atoms with van der Waals surface area (Å²) in [5.74, 6) is -2.70. The fourth-order valence-electron chi connectivity index (χ4n) is 2.42. The van der Waals surface area contributed by atoms with Gasteiger partial charge in [-0.3, -0.25) is 4.79 Å². The van der Waals surface area contributed by atoms with E-state index in [1.165, 1.54) is 14.0 Å². The van der Waals surface area contributed by atoms with Crippen LogP contribution in [0.4, 0.5) is 0 Å². The van der Waals surface area contributed by atoms with Gasteiger partial charge in [0.15, 0.2) is 0 Å². The third-order valence-electron chi connectivity index (χ3n) is 3.60. The summed E-state index contributed by atoms with van der Waals surface area (Å²) in [5, 5.41) is 9.40. The van der Waals surface area contributed by atoms with Gasteiger partial charge < -0.3 is 9.84 Å². The summed E-state index contributed by atoms with van der Waals surface area (Å²) < 4.78 is 4.85. The highest BCUT2D eigenvalue weighted by molar-refractivity contribution is 6.05. The average molecular weight is 310 g/mol. The Morgan fingerprint density at radius 2 is 1.35 bits per heavy atom. The molecule has 0 fully saturated rings. The number of carboxylic acid groups (broad SMARTS) is 1. The van der Waals surface area contributed by atoms with Crippen LogP contribution in [0.5, 0.6) is 0 Å². The molecule has 118 valence electrons. The number of benzene rings is 2. The van der Waals surface area contributed by atoms with Crippen molar-refractivity contribution >= 4 is 17.5 Å². The molecule has 0 aliphatic rings. The zero-order valence-electron chi connectivity index (χ0n) is 13.0. The molecular weight excluding hydrogens is 292 g/mol. The van der Waals surface area contributed by atoms with Gasteiger partial charge in [0.25, 0.3) is 0 Å². The van der Waals surface area contributed by atoms with Crippen molar-refractivity contribution < 1.29 is 19.4 Å². The Kier molecular flexibility index (Phi) is 5.31. The van der Waals surface area contributed by atoms with E-state index in [0.29, 0.717) is 5.57 Å². The molecule has 0 aromatic heterocycles. The van der Waals surface area contributed by atoms with Crippen LogP contribution in [0.15, 0.2) is 66.2 Å². The second kappa shape index (κ2) is 7.40. The molecule has 0 bridgehead atoms. The van der Waals surface area contributed by atoms with Gasteiger partial charge >= 0.3 is 11.9 Å². The molecule has 4 heteroatoms. The molecule has 1 N–H and O–H groups in total. The molecule has 2 aromatic carbocycles. The minimum Gasteiger partial charge on any atom is -0.481 e. The van der Waals surface area contributed by atoms with Crippen LogP contribution in [-0.4, -0.2) is 24.2 Å². The summed E-state index contributed by atoms with van der Waals surface area (Å²) in [6, 6.07) is 18.5. The number of esters is 1. The van der Waals surface area contributed by atoms with Crippen LogP contribution < -0.4 is 0 Å². The molecule has 0 radical (unpaired) electrons. The van der Waals surface area contributed by atoms with Crippen LogP contribution in [0.1, 0.15) is 18.1 Å². The van der Waals surface area contributed by atoms with E-state index in [1.807, 2.05) is 60.7 Å². The van der Waals surface area contributed by atoms with Crippen LogP contribution in [0.3, 0.4) is 0 Å². The molecular formula is C19H18O4. The van der Waals surface area contributed by atoms with E-state index < -0.39 is 17.9 Å². The topological polar surface area (TPSA) is 63.6 Å². The minimum atomic E-state index is -1.07. The van der Waals surface area contributed by atoms with E-state index in [-0.39, 0.29) is 5.57 Å². The van der Waals surface area contributed by atoms with Crippen molar-refractivity contribution in [3.63, 3.8) is 0 Å². The first-order valence-corrected chi connectivity index (χ1v) is 7.22. The van der Waals surface area contributed by atoms with Crippen LogP contribution in [0, 0.1) is 5.92 Å². The molecule has 4 nitrogen and oxygen atoms in total. The first-order chi connectivity index (χ1) is 11.1. The minimum absolute atomic E-state index is 0.136. The number of ether oxygens (including phenoxy) is 1. The number of carbonyl (C=O) groups excluding carboxylic acids is 1. The Bertz CT molecular complexity index is 676. The fraction of sp³-hybridized carbons (Fsp3) is 0.158. The highest BCUT2D eigenvalue weighted by Gasteiger charge is 2.28. The maximum absolute atomic E-state index is 12.3. The summed E-state index contributed by atoms with van der Waals surface area (Å²) >= 11 is 0. The van der Waals surface area contributed by atoms with Gasteiger partial charge in [0.2, 0.25) is 0 Å². The normalized spacial score (nSPS) is 11.4. The lowest BCUT2D eigenvalue weighted by Crippen LogP contribution is -2.21. The molecule has 0 aliphatic carbocycles. The van der Waals surface area contributed by atoms with Crippen LogP contribution >= 0.6 is 0 Å². The van der Waals surface area contributed by atoms with Gasteiger partial charge in [0, 0.05) is 5.57 Å². The average Bonchev–Trinajstić information content (AvgIpc) is 2.59. The van der Waals surface area contributed by atoms with Crippen molar-refractivity contribution in [2.24, 2.45) is 5.92 Å². The van der Waals surface area contributed by atoms with Gasteiger partial charge in [-0.15, -0.1) is 0 Å². The van der Waals surface area contributed by atoms with Crippen LogP contribution in [0.2, 0.25) is 0 Å². The fourth-order valence-corrected chi connectivity index (χ4v) is 2.42. The van der Waals surface area contributed by atoms with Crippen molar-refractivity contribution in [1.29, 1.82) is 0 Å². The van der Waals surface area contributed by atoms with E-state index in [9.17, 15) is 14.7 Å². The van der Waals surface area contributed by atoms with Crippen LogP contribution in [-0.2, 0) is 14.3 Å². The summed E-state index contributed by atoms with van der Waals surface area (Å²) in [5.41, 5.74) is 2.25. The monoisotopic (exact) mass is 310 g/mol. The number of hydrogen-bond acceptors (Lipinski definition) is 3. The molecule has 23 heavy (non-hydrogen) atoms. The van der Waals surface area contributed by atoms with E-state index in [4.69, 9.17) is 4.74 Å². The molecule has 0 amide bonds. The molecule has 2 aromatic rings. The van der Waals surface area contributed by atoms with Crippen molar-refractivity contribution in [3.8, 4) is 0 Å². The number of rotatable bonds is 5. The predicted octanol–water partition coefficient (Wildman–Crippen LogP) is 3.38. The van der Waals surface area contributed by atoms with Gasteiger partial charge in [0.1, 0.15) is 0 Å². The predicted molar refractivity (Wildman–Crippen MR) is 87.7 cm³/mol. The highest BCUT2D eigenvalue weighted by Crippen LogP contribution is 2.31. The van der Waals surface area contributed by atoms with Crippen molar-refractivity contribution in [2.75, 3.05) is 7.11 Å². The second-order valence-electron chi connectivity index (χ2n) is 5.07. The second-order valence-corrected chi connectivity index (χ2v) is 5.07. The van der Waals surface area contributed by atoms with E-state index >= 15 is 0 Å². The van der Waals surface area contributed by atoms with Gasteiger partial charge in [-0.1, -0.05) is 60.7 Å². The molecule has 0 saturated carbocycles. The first-order valence-electron chi connectivity index (χ1n) is 7.22. The maximum Gasteiger partial charge on any atom is 0.335 e. The van der Waals surface area contributed by atoms with E-state index in [0.717, 1.165) is 11.1 Å². The van der Waals surface area contributed by atoms with Crippen molar-refractivity contribution in [1.82, 2.24) is 0 Å². The van der Waals surface area contributed by atoms with E-state index in [1.54, 1.807) is 0 Å². The largest absolute Gasteiger partial charge is 0.481 e. The number of carboxylic acids is 1. The maximum atomic E-state index is 12.3. The molecule has 2 rings (SSSR count). The Morgan fingerprint density at radius 3 is 1.70 bits per heavy atom. The Hall–Kier alpha value is -2.88. The number of carbonyl (C=O) groups is 2. The summed E-state index contributed by atoms with van der Waals surface area (Å²) in [6.07, 6.45) is 0. The third kappa shape index (κ3) is 3.66. The Balaban J connectivity index is 2.80. The van der Waals surface area contributed by atoms with Gasteiger partial charge in [-0.05, 0) is 18.1 Å². The zero-order valence-corrected chi connectivity index (χ0v) is 13.0. The van der Waals surface area contributed by atoms with Gasteiger partial charge in [-0.25, -0.2) is 4.79 Å². The molecule has 0 spiro atoms.